The number of nitrogens with one attached hydrogen (secondary N) is 1. The zero-order valence-electron chi connectivity index (χ0n) is 11.3. The van der Waals surface area contributed by atoms with E-state index in [0.717, 1.165) is 0 Å². The molecule has 0 radical (unpaired) electrons. The Hall–Kier alpha value is -0.0800. The molecule has 1 unspecified atom stereocenters. The van der Waals surface area contributed by atoms with Gasteiger partial charge in [0.2, 0.25) is 0 Å². The third kappa shape index (κ3) is 2.43. The fourth-order valence-electron chi connectivity index (χ4n) is 3.53. The molecule has 2 heterocycles. The lowest BCUT2D eigenvalue weighted by Gasteiger charge is -2.31. The predicted molar refractivity (Wildman–Crippen MR) is 69.7 cm³/mol. The van der Waals surface area contributed by atoms with E-state index in [9.17, 15) is 0 Å². The highest BCUT2D eigenvalue weighted by Crippen LogP contribution is 2.38. The maximum Gasteiger partial charge on any atom is 0.00482 e. The predicted octanol–water partition coefficient (Wildman–Crippen LogP) is 2.50. The number of rotatable bonds is 4. The summed E-state index contributed by atoms with van der Waals surface area (Å²) in [6.07, 6.45) is 5.49. The van der Waals surface area contributed by atoms with Crippen LogP contribution in [0.4, 0.5) is 0 Å². The number of hydrogen-bond donors (Lipinski definition) is 1. The van der Waals surface area contributed by atoms with Gasteiger partial charge in [0.1, 0.15) is 0 Å². The largest absolute Gasteiger partial charge is 0.316 e. The third-order valence-electron chi connectivity index (χ3n) is 5.08. The Morgan fingerprint density at radius 2 is 1.94 bits per heavy atom. The molecular weight excluding hydrogens is 196 g/mol. The summed E-state index contributed by atoms with van der Waals surface area (Å²) in [5, 5.41) is 3.51. The van der Waals surface area contributed by atoms with Crippen molar-refractivity contribution in [3.63, 3.8) is 0 Å². The Kier molecular flexibility index (Phi) is 3.60. The van der Waals surface area contributed by atoms with Crippen molar-refractivity contribution in [3.05, 3.63) is 0 Å². The summed E-state index contributed by atoms with van der Waals surface area (Å²) in [5.41, 5.74) is 1.18. The SMILES string of the molecule is CCC1(CC)CCN(CC2(C)CCNC2)C1. The van der Waals surface area contributed by atoms with Crippen LogP contribution < -0.4 is 5.32 Å². The van der Waals surface area contributed by atoms with Gasteiger partial charge in [-0.05, 0) is 49.6 Å². The van der Waals surface area contributed by atoms with Crippen molar-refractivity contribution in [3.8, 4) is 0 Å². The number of nitrogens with zero attached hydrogens (tertiary/aromatic N) is 1. The molecule has 16 heavy (non-hydrogen) atoms. The summed E-state index contributed by atoms with van der Waals surface area (Å²) in [4.78, 5) is 2.72. The minimum Gasteiger partial charge on any atom is -0.316 e. The van der Waals surface area contributed by atoms with Crippen LogP contribution in [0.15, 0.2) is 0 Å². The molecular formula is C14H28N2. The lowest BCUT2D eigenvalue weighted by molar-refractivity contribution is 0.179. The van der Waals surface area contributed by atoms with Crippen molar-refractivity contribution in [2.24, 2.45) is 10.8 Å². The average Bonchev–Trinajstić information content (AvgIpc) is 2.87. The normalized spacial score (nSPS) is 34.7. The fourth-order valence-corrected chi connectivity index (χ4v) is 3.53. The molecule has 2 nitrogen and oxygen atoms in total. The minimum absolute atomic E-state index is 0.539. The monoisotopic (exact) mass is 224 g/mol. The molecule has 0 aliphatic carbocycles. The summed E-state index contributed by atoms with van der Waals surface area (Å²) >= 11 is 0. The van der Waals surface area contributed by atoms with Crippen LogP contribution in [-0.4, -0.2) is 37.6 Å². The van der Waals surface area contributed by atoms with Crippen LogP contribution in [0.25, 0.3) is 0 Å². The van der Waals surface area contributed by atoms with Crippen molar-refractivity contribution in [2.45, 2.75) is 46.5 Å². The first-order valence-corrected chi connectivity index (χ1v) is 7.04. The number of hydrogen-bond acceptors (Lipinski definition) is 2. The molecule has 0 bridgehead atoms. The zero-order chi connectivity index (χ0) is 11.6. The summed E-state index contributed by atoms with van der Waals surface area (Å²) in [6.45, 7) is 13.6. The molecule has 94 valence electrons. The fraction of sp³-hybridized carbons (Fsp3) is 1.00. The molecule has 1 atom stereocenters. The molecule has 2 aliphatic rings. The highest BCUT2D eigenvalue weighted by molar-refractivity contribution is 4.93. The molecule has 0 spiro atoms. The molecule has 0 amide bonds. The van der Waals surface area contributed by atoms with E-state index in [1.807, 2.05) is 0 Å². The van der Waals surface area contributed by atoms with Gasteiger partial charge in [-0.3, -0.25) is 0 Å². The molecule has 0 aromatic rings. The van der Waals surface area contributed by atoms with E-state index >= 15 is 0 Å². The summed E-state index contributed by atoms with van der Waals surface area (Å²) < 4.78 is 0. The molecule has 2 rings (SSSR count). The van der Waals surface area contributed by atoms with E-state index in [1.165, 1.54) is 58.4 Å². The first-order valence-electron chi connectivity index (χ1n) is 7.04. The van der Waals surface area contributed by atoms with Crippen LogP contribution in [-0.2, 0) is 0 Å². The maximum absolute atomic E-state index is 3.51. The highest BCUT2D eigenvalue weighted by atomic mass is 15.2. The second kappa shape index (κ2) is 4.66. The van der Waals surface area contributed by atoms with Crippen LogP contribution in [0, 0.1) is 10.8 Å². The lowest BCUT2D eigenvalue weighted by Crippen LogP contribution is -2.37. The molecule has 2 fully saturated rings. The van der Waals surface area contributed by atoms with E-state index in [-0.39, 0.29) is 0 Å². The average molecular weight is 224 g/mol. The smallest absolute Gasteiger partial charge is 0.00482 e. The van der Waals surface area contributed by atoms with Crippen molar-refractivity contribution < 1.29 is 0 Å². The number of likely N-dealkylation sites (tertiary alicyclic amines) is 1. The van der Waals surface area contributed by atoms with Crippen molar-refractivity contribution in [1.29, 1.82) is 0 Å². The van der Waals surface area contributed by atoms with Gasteiger partial charge in [0.15, 0.2) is 0 Å². The quantitative estimate of drug-likeness (QED) is 0.789. The highest BCUT2D eigenvalue weighted by Gasteiger charge is 2.38. The lowest BCUT2D eigenvalue weighted by atomic mass is 9.82. The van der Waals surface area contributed by atoms with Gasteiger partial charge >= 0.3 is 0 Å². The van der Waals surface area contributed by atoms with Crippen molar-refractivity contribution in [2.75, 3.05) is 32.7 Å². The third-order valence-corrected chi connectivity index (χ3v) is 5.08. The maximum atomic E-state index is 3.51. The molecule has 0 saturated carbocycles. The summed E-state index contributed by atoms with van der Waals surface area (Å²) in [6, 6.07) is 0. The minimum atomic E-state index is 0.539. The van der Waals surface area contributed by atoms with Crippen LogP contribution in [0.1, 0.15) is 46.5 Å². The van der Waals surface area contributed by atoms with Gasteiger partial charge in [0.25, 0.3) is 0 Å². The van der Waals surface area contributed by atoms with Crippen molar-refractivity contribution >= 4 is 0 Å². The van der Waals surface area contributed by atoms with Crippen LogP contribution >= 0.6 is 0 Å². The van der Waals surface area contributed by atoms with E-state index in [0.29, 0.717) is 10.8 Å². The molecule has 0 aromatic carbocycles. The van der Waals surface area contributed by atoms with Gasteiger partial charge in [0.05, 0.1) is 0 Å². The standard InChI is InChI=1S/C14H28N2/c1-4-14(5-2)7-9-16(12-14)11-13(3)6-8-15-10-13/h15H,4-12H2,1-3H3. The Morgan fingerprint density at radius 1 is 1.19 bits per heavy atom. The summed E-state index contributed by atoms with van der Waals surface area (Å²) in [5.74, 6) is 0. The van der Waals surface area contributed by atoms with Gasteiger partial charge in [-0.25, -0.2) is 0 Å². The molecule has 2 aliphatic heterocycles. The second-order valence-electron chi connectivity index (χ2n) is 6.41. The Morgan fingerprint density at radius 3 is 2.44 bits per heavy atom. The van der Waals surface area contributed by atoms with E-state index in [2.05, 4.69) is 31.0 Å². The first-order chi connectivity index (χ1) is 7.61. The second-order valence-corrected chi connectivity index (χ2v) is 6.41. The van der Waals surface area contributed by atoms with E-state index in [4.69, 9.17) is 0 Å². The first kappa shape index (κ1) is 12.4. The zero-order valence-corrected chi connectivity index (χ0v) is 11.3. The van der Waals surface area contributed by atoms with Gasteiger partial charge in [0, 0.05) is 19.6 Å². The van der Waals surface area contributed by atoms with Gasteiger partial charge in [-0.15, -0.1) is 0 Å². The van der Waals surface area contributed by atoms with Gasteiger partial charge in [-0.1, -0.05) is 20.8 Å². The van der Waals surface area contributed by atoms with Crippen LogP contribution in [0.5, 0.6) is 0 Å². The van der Waals surface area contributed by atoms with Crippen molar-refractivity contribution in [1.82, 2.24) is 10.2 Å². The van der Waals surface area contributed by atoms with Gasteiger partial charge in [-0.2, -0.15) is 0 Å². The Labute approximate surface area is 101 Å². The molecule has 1 N–H and O–H groups in total. The summed E-state index contributed by atoms with van der Waals surface area (Å²) in [7, 11) is 0. The van der Waals surface area contributed by atoms with Gasteiger partial charge < -0.3 is 10.2 Å². The van der Waals surface area contributed by atoms with E-state index in [1.54, 1.807) is 0 Å². The topological polar surface area (TPSA) is 15.3 Å². The van der Waals surface area contributed by atoms with Crippen LogP contribution in [0.2, 0.25) is 0 Å². The van der Waals surface area contributed by atoms with E-state index < -0.39 is 0 Å². The molecule has 2 heteroatoms. The Bertz CT molecular complexity index is 227. The molecule has 0 aromatic heterocycles. The molecule has 2 saturated heterocycles. The van der Waals surface area contributed by atoms with Crippen LogP contribution in [0.3, 0.4) is 0 Å². The Balaban J connectivity index is 1.89.